The number of nitrogens with zero attached hydrogens (tertiary/aromatic N) is 2. The maximum atomic E-state index is 4.46. The van der Waals surface area contributed by atoms with Crippen LogP contribution < -0.4 is 0 Å². The molecule has 2 heteroatoms. The summed E-state index contributed by atoms with van der Waals surface area (Å²) in [5.41, 5.74) is 0. The van der Waals surface area contributed by atoms with Gasteiger partial charge < -0.3 is 4.90 Å². The van der Waals surface area contributed by atoms with Gasteiger partial charge in [0.05, 0.1) is 6.04 Å². The zero-order chi connectivity index (χ0) is 8.43. The zero-order valence-corrected chi connectivity index (χ0v) is 7.54. The van der Waals surface area contributed by atoms with E-state index in [1.165, 1.54) is 0 Å². The SMILES string of the molecule is C=CC1=NC(C)CC(C)N1C. The van der Waals surface area contributed by atoms with Crippen molar-refractivity contribution in [3.05, 3.63) is 12.7 Å². The minimum atomic E-state index is 0.453. The summed E-state index contributed by atoms with van der Waals surface area (Å²) in [4.78, 5) is 6.63. The normalized spacial score (nSPS) is 31.5. The summed E-state index contributed by atoms with van der Waals surface area (Å²) in [6.07, 6.45) is 2.97. The van der Waals surface area contributed by atoms with Gasteiger partial charge in [0.1, 0.15) is 5.84 Å². The molecule has 0 N–H and O–H groups in total. The van der Waals surface area contributed by atoms with Crippen molar-refractivity contribution >= 4 is 5.84 Å². The molecule has 11 heavy (non-hydrogen) atoms. The Bertz CT molecular complexity index is 184. The fourth-order valence-electron chi connectivity index (χ4n) is 1.44. The van der Waals surface area contributed by atoms with Crippen LogP contribution in [0.1, 0.15) is 20.3 Å². The third kappa shape index (κ3) is 1.62. The zero-order valence-electron chi connectivity index (χ0n) is 7.54. The van der Waals surface area contributed by atoms with Crippen LogP contribution in [0.3, 0.4) is 0 Å². The molecule has 0 bridgehead atoms. The van der Waals surface area contributed by atoms with E-state index in [0.717, 1.165) is 12.3 Å². The van der Waals surface area contributed by atoms with Crippen molar-refractivity contribution in [1.29, 1.82) is 0 Å². The lowest BCUT2D eigenvalue weighted by Crippen LogP contribution is -2.40. The summed E-state index contributed by atoms with van der Waals surface area (Å²) in [6.45, 7) is 8.09. The van der Waals surface area contributed by atoms with Crippen molar-refractivity contribution in [3.63, 3.8) is 0 Å². The minimum Gasteiger partial charge on any atom is -0.357 e. The molecule has 0 aromatic rings. The van der Waals surface area contributed by atoms with Crippen LogP contribution in [0.25, 0.3) is 0 Å². The van der Waals surface area contributed by atoms with Crippen molar-refractivity contribution in [2.75, 3.05) is 7.05 Å². The smallest absolute Gasteiger partial charge is 0.123 e. The van der Waals surface area contributed by atoms with Crippen LogP contribution in [-0.2, 0) is 0 Å². The van der Waals surface area contributed by atoms with Crippen LogP contribution in [0.2, 0.25) is 0 Å². The average molecular weight is 152 g/mol. The number of likely N-dealkylation sites (N-methyl/N-ethyl adjacent to an activating group) is 1. The van der Waals surface area contributed by atoms with Gasteiger partial charge in [-0.25, -0.2) is 0 Å². The first-order valence-corrected chi connectivity index (χ1v) is 4.08. The van der Waals surface area contributed by atoms with Crippen LogP contribution >= 0.6 is 0 Å². The van der Waals surface area contributed by atoms with Gasteiger partial charge in [0.2, 0.25) is 0 Å². The summed E-state index contributed by atoms with van der Waals surface area (Å²) >= 11 is 0. The molecule has 0 amide bonds. The second-order valence-corrected chi connectivity index (χ2v) is 3.24. The van der Waals surface area contributed by atoms with Gasteiger partial charge in [0.25, 0.3) is 0 Å². The van der Waals surface area contributed by atoms with Crippen molar-refractivity contribution < 1.29 is 0 Å². The van der Waals surface area contributed by atoms with Gasteiger partial charge >= 0.3 is 0 Å². The van der Waals surface area contributed by atoms with E-state index in [-0.39, 0.29) is 0 Å². The first-order chi connectivity index (χ1) is 5.15. The molecule has 2 atom stereocenters. The van der Waals surface area contributed by atoms with E-state index < -0.39 is 0 Å². The Morgan fingerprint density at radius 3 is 2.82 bits per heavy atom. The molecule has 0 fully saturated rings. The second kappa shape index (κ2) is 3.07. The van der Waals surface area contributed by atoms with Gasteiger partial charge in [-0.1, -0.05) is 6.58 Å². The van der Waals surface area contributed by atoms with Crippen LogP contribution in [0.5, 0.6) is 0 Å². The molecule has 2 nitrogen and oxygen atoms in total. The van der Waals surface area contributed by atoms with E-state index in [1.54, 1.807) is 0 Å². The lowest BCUT2D eigenvalue weighted by molar-refractivity contribution is 0.328. The predicted molar refractivity (Wildman–Crippen MR) is 48.9 cm³/mol. The standard InChI is InChI=1S/C9H16N2/c1-5-9-10-7(2)6-8(3)11(9)4/h5,7-8H,1,6H2,2-4H3. The van der Waals surface area contributed by atoms with Crippen LogP contribution in [0.4, 0.5) is 0 Å². The quantitative estimate of drug-likeness (QED) is 0.558. The lowest BCUT2D eigenvalue weighted by Gasteiger charge is -2.33. The van der Waals surface area contributed by atoms with Crippen molar-refractivity contribution in [2.45, 2.75) is 32.4 Å². The fraction of sp³-hybridized carbons (Fsp3) is 0.667. The third-order valence-corrected chi connectivity index (χ3v) is 2.24. The van der Waals surface area contributed by atoms with Crippen LogP contribution in [0.15, 0.2) is 17.6 Å². The number of hydrogen-bond donors (Lipinski definition) is 0. The summed E-state index contributed by atoms with van der Waals surface area (Å²) in [5.74, 6) is 1.02. The molecule has 0 radical (unpaired) electrons. The Labute approximate surface area is 68.6 Å². The molecule has 2 unspecified atom stereocenters. The van der Waals surface area contributed by atoms with Gasteiger partial charge in [0.15, 0.2) is 0 Å². The predicted octanol–water partition coefficient (Wildman–Crippen LogP) is 1.68. The lowest BCUT2D eigenvalue weighted by atomic mass is 10.1. The maximum absolute atomic E-state index is 4.46. The van der Waals surface area contributed by atoms with Gasteiger partial charge in [-0.05, 0) is 26.3 Å². The van der Waals surface area contributed by atoms with Crippen molar-refractivity contribution in [3.8, 4) is 0 Å². The molecular weight excluding hydrogens is 136 g/mol. The number of hydrogen-bond acceptors (Lipinski definition) is 2. The maximum Gasteiger partial charge on any atom is 0.123 e. The summed E-state index contributed by atoms with van der Waals surface area (Å²) in [5, 5.41) is 0. The van der Waals surface area contributed by atoms with Gasteiger partial charge in [0, 0.05) is 13.1 Å². The van der Waals surface area contributed by atoms with E-state index in [9.17, 15) is 0 Å². The molecule has 1 aliphatic rings. The average Bonchev–Trinajstić information content (AvgIpc) is 1.96. The molecule has 0 spiro atoms. The Balaban J connectivity index is 2.80. The highest BCUT2D eigenvalue weighted by molar-refractivity contribution is 5.93. The largest absolute Gasteiger partial charge is 0.357 e. The second-order valence-electron chi connectivity index (χ2n) is 3.24. The Hall–Kier alpha value is -0.790. The Kier molecular flexibility index (Phi) is 2.32. The Morgan fingerprint density at radius 1 is 1.64 bits per heavy atom. The topological polar surface area (TPSA) is 15.6 Å². The van der Waals surface area contributed by atoms with E-state index in [1.807, 2.05) is 6.08 Å². The van der Waals surface area contributed by atoms with Gasteiger partial charge in [-0.3, -0.25) is 4.99 Å². The van der Waals surface area contributed by atoms with Crippen LogP contribution in [-0.4, -0.2) is 29.9 Å². The number of aliphatic imine (C=N–C) groups is 1. The molecule has 0 saturated carbocycles. The van der Waals surface area contributed by atoms with E-state index in [2.05, 4.69) is 37.4 Å². The Morgan fingerprint density at radius 2 is 2.27 bits per heavy atom. The van der Waals surface area contributed by atoms with Crippen LogP contribution in [0, 0.1) is 0 Å². The molecule has 1 aliphatic heterocycles. The van der Waals surface area contributed by atoms with E-state index in [0.29, 0.717) is 12.1 Å². The molecule has 0 saturated heterocycles. The molecule has 62 valence electrons. The van der Waals surface area contributed by atoms with E-state index >= 15 is 0 Å². The number of amidine groups is 1. The third-order valence-electron chi connectivity index (χ3n) is 2.24. The summed E-state index contributed by atoms with van der Waals surface area (Å²) in [6, 6.07) is 1.05. The first kappa shape index (κ1) is 8.31. The highest BCUT2D eigenvalue weighted by Gasteiger charge is 2.19. The number of rotatable bonds is 1. The summed E-state index contributed by atoms with van der Waals surface area (Å²) < 4.78 is 0. The van der Waals surface area contributed by atoms with Gasteiger partial charge in [-0.15, -0.1) is 0 Å². The minimum absolute atomic E-state index is 0.453. The first-order valence-electron chi connectivity index (χ1n) is 4.08. The molecule has 1 heterocycles. The summed E-state index contributed by atoms with van der Waals surface area (Å²) in [7, 11) is 2.07. The molecule has 1 rings (SSSR count). The fourth-order valence-corrected chi connectivity index (χ4v) is 1.44. The van der Waals surface area contributed by atoms with Gasteiger partial charge in [-0.2, -0.15) is 0 Å². The molecule has 0 aliphatic carbocycles. The van der Waals surface area contributed by atoms with E-state index in [4.69, 9.17) is 0 Å². The highest BCUT2D eigenvalue weighted by Crippen LogP contribution is 2.14. The molecule has 0 aromatic carbocycles. The van der Waals surface area contributed by atoms with Crippen molar-refractivity contribution in [1.82, 2.24) is 4.90 Å². The highest BCUT2D eigenvalue weighted by atomic mass is 15.2. The monoisotopic (exact) mass is 152 g/mol. The molecular formula is C9H16N2. The van der Waals surface area contributed by atoms with Crippen molar-refractivity contribution in [2.24, 2.45) is 4.99 Å². The molecule has 0 aromatic heterocycles.